The average Bonchev–Trinajstić information content (AvgIpc) is 2.66. The van der Waals surface area contributed by atoms with E-state index in [9.17, 15) is 14.4 Å². The third-order valence-electron chi connectivity index (χ3n) is 1.49. The third-order valence-corrected chi connectivity index (χ3v) is 1.49. The highest BCUT2D eigenvalue weighted by molar-refractivity contribution is 5.86. The molecule has 86 valence electrons. The molecule has 1 aromatic heterocycles. The van der Waals surface area contributed by atoms with E-state index in [2.05, 4.69) is 14.9 Å². The van der Waals surface area contributed by atoms with E-state index in [4.69, 9.17) is 4.74 Å². The first kappa shape index (κ1) is 11.9. The topological polar surface area (TPSA) is 98.3 Å². The van der Waals surface area contributed by atoms with Crippen molar-refractivity contribution in [3.8, 4) is 5.88 Å². The highest BCUT2D eigenvalue weighted by Crippen LogP contribution is 2.04. The van der Waals surface area contributed by atoms with Crippen molar-refractivity contribution in [2.75, 3.05) is 0 Å². The zero-order chi connectivity index (χ0) is 12.0. The van der Waals surface area contributed by atoms with Crippen LogP contribution in [0.25, 0.3) is 0 Å². The van der Waals surface area contributed by atoms with Gasteiger partial charge in [-0.2, -0.15) is 5.10 Å². The molecule has 1 rings (SSSR count). The van der Waals surface area contributed by atoms with Gasteiger partial charge in [-0.1, -0.05) is 0 Å². The highest BCUT2D eigenvalue weighted by Gasteiger charge is 2.11. The van der Waals surface area contributed by atoms with E-state index in [1.807, 2.05) is 0 Å². The maximum Gasteiger partial charge on any atom is 0.314 e. The molecule has 1 heterocycles. The lowest BCUT2D eigenvalue weighted by molar-refractivity contribution is -0.159. The Kier molecular flexibility index (Phi) is 4.19. The van der Waals surface area contributed by atoms with Crippen LogP contribution in [0.2, 0.25) is 0 Å². The Hall–Kier alpha value is -2.18. The summed E-state index contributed by atoms with van der Waals surface area (Å²) in [5, 5.41) is 6.00. The Morgan fingerprint density at radius 2 is 2.00 bits per heavy atom. The van der Waals surface area contributed by atoms with Crippen molar-refractivity contribution in [1.82, 2.24) is 10.2 Å². The monoisotopic (exact) mass is 226 g/mol. The number of ether oxygens (including phenoxy) is 2. The standard InChI is InChI=1S/C9H10N2O5/c1-6(12)15-8(13)2-3-9(14)16-7-4-5-10-11-7/h4-5H,2-3H2,1H3,(H,10,11). The molecule has 0 bridgehead atoms. The van der Waals surface area contributed by atoms with E-state index < -0.39 is 17.9 Å². The second-order valence-electron chi connectivity index (χ2n) is 2.86. The van der Waals surface area contributed by atoms with Crippen LogP contribution in [0.15, 0.2) is 12.3 Å². The lowest BCUT2D eigenvalue weighted by Gasteiger charge is -2.00. The fourth-order valence-corrected chi connectivity index (χ4v) is 0.889. The van der Waals surface area contributed by atoms with E-state index in [0.717, 1.165) is 6.92 Å². The number of rotatable bonds is 4. The SMILES string of the molecule is CC(=O)OC(=O)CCC(=O)Oc1ccn[nH]1. The van der Waals surface area contributed by atoms with E-state index >= 15 is 0 Å². The van der Waals surface area contributed by atoms with Crippen LogP contribution in [0.3, 0.4) is 0 Å². The molecule has 0 spiro atoms. The smallest absolute Gasteiger partial charge is 0.314 e. The van der Waals surface area contributed by atoms with Crippen molar-refractivity contribution in [1.29, 1.82) is 0 Å². The number of H-pyrrole nitrogens is 1. The van der Waals surface area contributed by atoms with Crippen molar-refractivity contribution in [2.45, 2.75) is 19.8 Å². The van der Waals surface area contributed by atoms with Gasteiger partial charge in [0.1, 0.15) is 0 Å². The summed E-state index contributed by atoms with van der Waals surface area (Å²) >= 11 is 0. The van der Waals surface area contributed by atoms with Crippen LogP contribution >= 0.6 is 0 Å². The van der Waals surface area contributed by atoms with Crippen molar-refractivity contribution in [2.24, 2.45) is 0 Å². The van der Waals surface area contributed by atoms with Gasteiger partial charge in [-0.3, -0.25) is 14.4 Å². The first-order chi connectivity index (χ1) is 7.58. The molecule has 0 atom stereocenters. The summed E-state index contributed by atoms with van der Waals surface area (Å²) in [7, 11) is 0. The molecule has 0 unspecified atom stereocenters. The zero-order valence-electron chi connectivity index (χ0n) is 8.56. The Morgan fingerprint density at radius 3 is 2.56 bits per heavy atom. The average molecular weight is 226 g/mol. The number of carbonyl (C=O) groups excluding carboxylic acids is 3. The molecule has 0 radical (unpaired) electrons. The van der Waals surface area contributed by atoms with Gasteiger partial charge in [0.25, 0.3) is 0 Å². The Labute approximate surface area is 90.7 Å². The highest BCUT2D eigenvalue weighted by atomic mass is 16.6. The van der Waals surface area contributed by atoms with Gasteiger partial charge in [0.05, 0.1) is 19.0 Å². The van der Waals surface area contributed by atoms with Gasteiger partial charge in [-0.25, -0.2) is 5.10 Å². The predicted octanol–water partition coefficient (Wildman–Crippen LogP) is 0.185. The Balaban J connectivity index is 2.25. The van der Waals surface area contributed by atoms with Crippen LogP contribution in [0.1, 0.15) is 19.8 Å². The van der Waals surface area contributed by atoms with Crippen LogP contribution in [0.4, 0.5) is 0 Å². The summed E-state index contributed by atoms with van der Waals surface area (Å²) in [6, 6.07) is 1.46. The summed E-state index contributed by atoms with van der Waals surface area (Å²) in [5.74, 6) is -1.87. The molecular formula is C9H10N2O5. The van der Waals surface area contributed by atoms with Gasteiger partial charge < -0.3 is 9.47 Å². The van der Waals surface area contributed by atoms with Gasteiger partial charge in [0, 0.05) is 13.0 Å². The zero-order valence-corrected chi connectivity index (χ0v) is 8.56. The molecule has 0 fully saturated rings. The van der Waals surface area contributed by atoms with Crippen LogP contribution in [0.5, 0.6) is 5.88 Å². The lowest BCUT2D eigenvalue weighted by atomic mass is 10.3. The van der Waals surface area contributed by atoms with Gasteiger partial charge >= 0.3 is 17.9 Å². The quantitative estimate of drug-likeness (QED) is 0.581. The maximum atomic E-state index is 11.1. The molecule has 0 amide bonds. The first-order valence-corrected chi connectivity index (χ1v) is 4.49. The van der Waals surface area contributed by atoms with Crippen molar-refractivity contribution < 1.29 is 23.9 Å². The normalized spacial score (nSPS) is 9.56. The minimum atomic E-state index is -0.755. The molecule has 0 aromatic carbocycles. The molecule has 0 aliphatic carbocycles. The van der Waals surface area contributed by atoms with Crippen molar-refractivity contribution >= 4 is 17.9 Å². The van der Waals surface area contributed by atoms with E-state index in [-0.39, 0.29) is 18.7 Å². The fourth-order valence-electron chi connectivity index (χ4n) is 0.889. The molecular weight excluding hydrogens is 216 g/mol. The van der Waals surface area contributed by atoms with Crippen molar-refractivity contribution in [3.05, 3.63) is 12.3 Å². The van der Waals surface area contributed by atoms with Crippen molar-refractivity contribution in [3.63, 3.8) is 0 Å². The largest absolute Gasteiger partial charge is 0.408 e. The van der Waals surface area contributed by atoms with Gasteiger partial charge in [0.15, 0.2) is 0 Å². The van der Waals surface area contributed by atoms with E-state index in [1.165, 1.54) is 12.3 Å². The molecule has 1 aromatic rings. The Bertz CT molecular complexity index is 385. The fraction of sp³-hybridized carbons (Fsp3) is 0.333. The molecule has 7 heteroatoms. The van der Waals surface area contributed by atoms with Crippen LogP contribution in [0, 0.1) is 0 Å². The minimum Gasteiger partial charge on any atom is -0.408 e. The molecule has 0 saturated carbocycles. The Morgan fingerprint density at radius 1 is 1.31 bits per heavy atom. The summed E-state index contributed by atoms with van der Waals surface area (Å²) < 4.78 is 8.99. The predicted molar refractivity (Wildman–Crippen MR) is 50.2 cm³/mol. The number of nitrogens with one attached hydrogen (secondary N) is 1. The first-order valence-electron chi connectivity index (χ1n) is 4.49. The van der Waals surface area contributed by atoms with Crippen LogP contribution in [-0.2, 0) is 19.1 Å². The number of aromatic amines is 1. The number of hydrogen-bond donors (Lipinski definition) is 1. The summed E-state index contributed by atoms with van der Waals surface area (Å²) in [6.07, 6.45) is 1.06. The third kappa shape index (κ3) is 4.36. The number of nitrogens with zero attached hydrogens (tertiary/aromatic N) is 1. The molecule has 16 heavy (non-hydrogen) atoms. The van der Waals surface area contributed by atoms with Gasteiger partial charge in [0.2, 0.25) is 5.88 Å². The van der Waals surface area contributed by atoms with Crippen LogP contribution in [-0.4, -0.2) is 28.1 Å². The number of esters is 3. The molecule has 1 N–H and O–H groups in total. The lowest BCUT2D eigenvalue weighted by Crippen LogP contribution is -2.14. The number of carbonyl (C=O) groups is 3. The summed E-state index contributed by atoms with van der Waals surface area (Å²) in [5.41, 5.74) is 0. The van der Waals surface area contributed by atoms with Gasteiger partial charge in [-0.15, -0.1) is 0 Å². The molecule has 0 saturated heterocycles. The van der Waals surface area contributed by atoms with Gasteiger partial charge in [-0.05, 0) is 0 Å². The summed E-state index contributed by atoms with van der Waals surface area (Å²) in [6.45, 7) is 1.11. The van der Waals surface area contributed by atoms with Crippen LogP contribution < -0.4 is 4.74 Å². The summed E-state index contributed by atoms with van der Waals surface area (Å²) in [4.78, 5) is 32.4. The maximum absolute atomic E-state index is 11.1. The number of aromatic nitrogens is 2. The molecule has 7 nitrogen and oxygen atoms in total. The minimum absolute atomic E-state index is 0.162. The second-order valence-corrected chi connectivity index (χ2v) is 2.86. The molecule has 0 aliphatic rings. The molecule has 0 aliphatic heterocycles. The second kappa shape index (κ2) is 5.64. The number of hydrogen-bond acceptors (Lipinski definition) is 6. The van der Waals surface area contributed by atoms with E-state index in [1.54, 1.807) is 0 Å². The van der Waals surface area contributed by atoms with E-state index in [0.29, 0.717) is 0 Å².